The molecule has 0 spiro atoms. The molecular formula is C16H23NO2. The zero-order chi connectivity index (χ0) is 13.7. The smallest absolute Gasteiger partial charge is 0.260 e. The minimum absolute atomic E-state index is 0.106. The summed E-state index contributed by atoms with van der Waals surface area (Å²) in [6.07, 6.45) is 3.48. The second-order valence-corrected chi connectivity index (χ2v) is 5.46. The van der Waals surface area contributed by atoms with Gasteiger partial charge in [-0.2, -0.15) is 0 Å². The molecule has 3 nitrogen and oxygen atoms in total. The third kappa shape index (κ3) is 3.98. The van der Waals surface area contributed by atoms with Crippen LogP contribution in [0.4, 0.5) is 0 Å². The van der Waals surface area contributed by atoms with E-state index in [1.54, 1.807) is 0 Å². The van der Waals surface area contributed by atoms with Crippen LogP contribution in [0.2, 0.25) is 0 Å². The van der Waals surface area contributed by atoms with Gasteiger partial charge in [-0.15, -0.1) is 0 Å². The number of carbonyl (C=O) groups excluding carboxylic acids is 1. The fourth-order valence-corrected chi connectivity index (χ4v) is 2.34. The van der Waals surface area contributed by atoms with Crippen molar-refractivity contribution in [3.63, 3.8) is 0 Å². The number of hydrogen-bond donors (Lipinski definition) is 0. The first-order valence-electron chi connectivity index (χ1n) is 7.17. The lowest BCUT2D eigenvalue weighted by Crippen LogP contribution is -2.38. The van der Waals surface area contributed by atoms with Gasteiger partial charge in [0.05, 0.1) is 0 Å². The first-order valence-corrected chi connectivity index (χ1v) is 7.17. The fraction of sp³-hybridized carbons (Fsp3) is 0.562. The van der Waals surface area contributed by atoms with Gasteiger partial charge in [0.2, 0.25) is 0 Å². The first-order chi connectivity index (χ1) is 9.16. The van der Waals surface area contributed by atoms with Crippen molar-refractivity contribution in [3.05, 3.63) is 29.8 Å². The van der Waals surface area contributed by atoms with Crippen molar-refractivity contribution in [1.29, 1.82) is 0 Å². The predicted octanol–water partition coefficient (Wildman–Crippen LogP) is 3.20. The van der Waals surface area contributed by atoms with Crippen LogP contribution in [-0.2, 0) is 4.79 Å². The number of piperidine rings is 1. The molecule has 0 saturated carbocycles. The van der Waals surface area contributed by atoms with E-state index in [-0.39, 0.29) is 12.5 Å². The van der Waals surface area contributed by atoms with E-state index in [9.17, 15) is 4.79 Å². The SMILES string of the molecule is CC(C)c1cccc(OCC(=O)N2CCCCC2)c1. The summed E-state index contributed by atoms with van der Waals surface area (Å²) >= 11 is 0. The summed E-state index contributed by atoms with van der Waals surface area (Å²) in [5.41, 5.74) is 1.24. The number of ether oxygens (including phenoxy) is 1. The molecule has 1 aliphatic rings. The Labute approximate surface area is 115 Å². The predicted molar refractivity (Wildman–Crippen MR) is 76.5 cm³/mol. The Kier molecular flexibility index (Phi) is 4.83. The summed E-state index contributed by atoms with van der Waals surface area (Å²) in [6.45, 7) is 6.22. The molecule has 1 aromatic rings. The summed E-state index contributed by atoms with van der Waals surface area (Å²) in [4.78, 5) is 13.9. The van der Waals surface area contributed by atoms with Gasteiger partial charge < -0.3 is 9.64 Å². The van der Waals surface area contributed by atoms with Crippen LogP contribution < -0.4 is 4.74 Å². The zero-order valence-corrected chi connectivity index (χ0v) is 11.9. The molecule has 1 heterocycles. The molecule has 0 aromatic heterocycles. The van der Waals surface area contributed by atoms with Crippen LogP contribution in [0.15, 0.2) is 24.3 Å². The normalized spacial score (nSPS) is 15.6. The Balaban J connectivity index is 1.87. The van der Waals surface area contributed by atoms with E-state index >= 15 is 0 Å². The highest BCUT2D eigenvalue weighted by Gasteiger charge is 2.16. The van der Waals surface area contributed by atoms with Gasteiger partial charge in [0.15, 0.2) is 6.61 Å². The number of benzene rings is 1. The van der Waals surface area contributed by atoms with Crippen LogP contribution in [0.25, 0.3) is 0 Å². The molecule has 0 N–H and O–H groups in total. The Morgan fingerprint density at radius 1 is 1.26 bits per heavy atom. The standard InChI is InChI=1S/C16H23NO2/c1-13(2)14-7-6-8-15(11-14)19-12-16(18)17-9-4-3-5-10-17/h6-8,11,13H,3-5,9-10,12H2,1-2H3. The third-order valence-electron chi connectivity index (χ3n) is 3.60. The monoisotopic (exact) mass is 261 g/mol. The number of hydrogen-bond acceptors (Lipinski definition) is 2. The van der Waals surface area contributed by atoms with Crippen LogP contribution in [0.1, 0.15) is 44.6 Å². The lowest BCUT2D eigenvalue weighted by molar-refractivity contribution is -0.134. The number of nitrogens with zero attached hydrogens (tertiary/aromatic N) is 1. The molecule has 19 heavy (non-hydrogen) atoms. The van der Waals surface area contributed by atoms with Gasteiger partial charge in [0.25, 0.3) is 5.91 Å². The maximum atomic E-state index is 12.0. The summed E-state index contributed by atoms with van der Waals surface area (Å²) in [5, 5.41) is 0. The molecule has 0 bridgehead atoms. The summed E-state index contributed by atoms with van der Waals surface area (Å²) in [5.74, 6) is 1.37. The van der Waals surface area contributed by atoms with Crippen LogP contribution in [0.5, 0.6) is 5.75 Å². The van der Waals surface area contributed by atoms with Crippen molar-refractivity contribution < 1.29 is 9.53 Å². The molecule has 1 amide bonds. The van der Waals surface area contributed by atoms with E-state index < -0.39 is 0 Å². The maximum Gasteiger partial charge on any atom is 0.260 e. The molecule has 1 aromatic carbocycles. The minimum atomic E-state index is 0.106. The molecule has 0 radical (unpaired) electrons. The third-order valence-corrected chi connectivity index (χ3v) is 3.60. The van der Waals surface area contributed by atoms with Crippen molar-refractivity contribution in [2.45, 2.75) is 39.0 Å². The molecule has 1 saturated heterocycles. The van der Waals surface area contributed by atoms with Crippen molar-refractivity contribution in [2.24, 2.45) is 0 Å². The van der Waals surface area contributed by atoms with Crippen molar-refractivity contribution in [2.75, 3.05) is 19.7 Å². The van der Waals surface area contributed by atoms with E-state index in [2.05, 4.69) is 19.9 Å². The molecule has 1 aliphatic heterocycles. The Bertz CT molecular complexity index is 423. The summed E-state index contributed by atoms with van der Waals surface area (Å²) in [7, 11) is 0. The summed E-state index contributed by atoms with van der Waals surface area (Å²) in [6, 6.07) is 8.00. The fourth-order valence-electron chi connectivity index (χ4n) is 2.34. The Morgan fingerprint density at radius 3 is 2.68 bits per heavy atom. The number of rotatable bonds is 4. The highest BCUT2D eigenvalue weighted by molar-refractivity contribution is 5.77. The van der Waals surface area contributed by atoms with E-state index in [0.717, 1.165) is 31.7 Å². The zero-order valence-electron chi connectivity index (χ0n) is 11.9. The van der Waals surface area contributed by atoms with Crippen LogP contribution in [0.3, 0.4) is 0 Å². The Morgan fingerprint density at radius 2 is 2.00 bits per heavy atom. The Hall–Kier alpha value is -1.51. The molecule has 1 fully saturated rings. The van der Waals surface area contributed by atoms with Gasteiger partial charge in [-0.05, 0) is 42.9 Å². The molecular weight excluding hydrogens is 238 g/mol. The number of carbonyl (C=O) groups is 1. The molecule has 0 unspecified atom stereocenters. The second-order valence-electron chi connectivity index (χ2n) is 5.46. The van der Waals surface area contributed by atoms with Crippen LogP contribution >= 0.6 is 0 Å². The molecule has 104 valence electrons. The van der Waals surface area contributed by atoms with E-state index in [4.69, 9.17) is 4.74 Å². The topological polar surface area (TPSA) is 29.5 Å². The summed E-state index contributed by atoms with van der Waals surface area (Å²) < 4.78 is 5.62. The lowest BCUT2D eigenvalue weighted by atomic mass is 10.0. The molecule has 0 atom stereocenters. The quantitative estimate of drug-likeness (QED) is 0.833. The van der Waals surface area contributed by atoms with Gasteiger partial charge >= 0.3 is 0 Å². The van der Waals surface area contributed by atoms with Gasteiger partial charge in [0, 0.05) is 13.1 Å². The second kappa shape index (κ2) is 6.60. The molecule has 0 aliphatic carbocycles. The molecule has 2 rings (SSSR count). The van der Waals surface area contributed by atoms with Crippen molar-refractivity contribution in [3.8, 4) is 5.75 Å². The minimum Gasteiger partial charge on any atom is -0.484 e. The van der Waals surface area contributed by atoms with E-state index in [0.29, 0.717) is 5.92 Å². The average Bonchev–Trinajstić information content (AvgIpc) is 2.46. The van der Waals surface area contributed by atoms with Crippen molar-refractivity contribution in [1.82, 2.24) is 4.90 Å². The van der Waals surface area contributed by atoms with Gasteiger partial charge in [-0.3, -0.25) is 4.79 Å². The van der Waals surface area contributed by atoms with Gasteiger partial charge in [0.1, 0.15) is 5.75 Å². The number of amides is 1. The van der Waals surface area contributed by atoms with Crippen LogP contribution in [0, 0.1) is 0 Å². The van der Waals surface area contributed by atoms with Gasteiger partial charge in [-0.25, -0.2) is 0 Å². The molecule has 3 heteroatoms. The number of likely N-dealkylation sites (tertiary alicyclic amines) is 1. The maximum absolute atomic E-state index is 12.0. The van der Waals surface area contributed by atoms with E-state index in [1.807, 2.05) is 23.1 Å². The van der Waals surface area contributed by atoms with Crippen molar-refractivity contribution >= 4 is 5.91 Å². The highest BCUT2D eigenvalue weighted by Crippen LogP contribution is 2.20. The van der Waals surface area contributed by atoms with Gasteiger partial charge in [-0.1, -0.05) is 26.0 Å². The largest absolute Gasteiger partial charge is 0.484 e. The lowest BCUT2D eigenvalue weighted by Gasteiger charge is -2.26. The highest BCUT2D eigenvalue weighted by atomic mass is 16.5. The average molecular weight is 261 g/mol. The van der Waals surface area contributed by atoms with Crippen LogP contribution in [-0.4, -0.2) is 30.5 Å². The van der Waals surface area contributed by atoms with E-state index in [1.165, 1.54) is 12.0 Å². The first kappa shape index (κ1) is 13.9.